The molecule has 2 aliphatic rings. The first kappa shape index (κ1) is 19.9. The summed E-state index contributed by atoms with van der Waals surface area (Å²) in [5, 5.41) is 2.90. The number of amides is 1. The minimum Gasteiger partial charge on any atom is -0.490 e. The molecule has 1 saturated heterocycles. The maximum absolute atomic E-state index is 12.3. The Morgan fingerprint density at radius 1 is 1.00 bits per heavy atom. The number of aromatic nitrogens is 1. The van der Waals surface area contributed by atoms with Crippen LogP contribution in [0.4, 0.5) is 0 Å². The van der Waals surface area contributed by atoms with Gasteiger partial charge in [-0.1, -0.05) is 25.3 Å². The van der Waals surface area contributed by atoms with Gasteiger partial charge >= 0.3 is 0 Å². The molecule has 1 N–H and O–H groups in total. The van der Waals surface area contributed by atoms with E-state index < -0.39 is 0 Å². The predicted octanol–water partition coefficient (Wildman–Crippen LogP) is 4.19. The quantitative estimate of drug-likeness (QED) is 0.800. The molecule has 2 heterocycles. The number of rotatable bonds is 6. The van der Waals surface area contributed by atoms with E-state index in [0.29, 0.717) is 12.1 Å². The van der Waals surface area contributed by atoms with Crippen molar-refractivity contribution in [2.24, 2.45) is 0 Å². The Morgan fingerprint density at radius 2 is 1.76 bits per heavy atom. The van der Waals surface area contributed by atoms with Crippen LogP contribution in [-0.2, 0) is 6.54 Å². The molecule has 5 nitrogen and oxygen atoms in total. The van der Waals surface area contributed by atoms with E-state index in [9.17, 15) is 4.79 Å². The van der Waals surface area contributed by atoms with Crippen molar-refractivity contribution in [3.63, 3.8) is 0 Å². The van der Waals surface area contributed by atoms with E-state index in [0.717, 1.165) is 43.4 Å². The number of piperidine rings is 1. The second-order valence-electron chi connectivity index (χ2n) is 8.17. The second-order valence-corrected chi connectivity index (χ2v) is 8.17. The van der Waals surface area contributed by atoms with Gasteiger partial charge in [-0.05, 0) is 62.1 Å². The van der Waals surface area contributed by atoms with Gasteiger partial charge in [0.15, 0.2) is 0 Å². The smallest absolute Gasteiger partial charge is 0.251 e. The maximum Gasteiger partial charge on any atom is 0.251 e. The number of likely N-dealkylation sites (tertiary alicyclic amines) is 1. The molecule has 0 bridgehead atoms. The molecule has 0 spiro atoms. The Kier molecular flexibility index (Phi) is 6.78. The van der Waals surface area contributed by atoms with Gasteiger partial charge in [0.2, 0.25) is 0 Å². The molecule has 2 aromatic rings. The van der Waals surface area contributed by atoms with Crippen molar-refractivity contribution < 1.29 is 9.53 Å². The topological polar surface area (TPSA) is 54.5 Å². The van der Waals surface area contributed by atoms with Gasteiger partial charge in [-0.25, -0.2) is 0 Å². The summed E-state index contributed by atoms with van der Waals surface area (Å²) in [6.45, 7) is 2.71. The zero-order valence-corrected chi connectivity index (χ0v) is 17.1. The van der Waals surface area contributed by atoms with Crippen LogP contribution in [0.5, 0.6) is 5.75 Å². The largest absolute Gasteiger partial charge is 0.490 e. The van der Waals surface area contributed by atoms with Crippen molar-refractivity contribution in [2.75, 3.05) is 13.1 Å². The van der Waals surface area contributed by atoms with E-state index in [1.54, 1.807) is 6.20 Å². The van der Waals surface area contributed by atoms with E-state index in [4.69, 9.17) is 4.74 Å². The molecule has 1 aliphatic carbocycles. The zero-order chi connectivity index (χ0) is 19.9. The number of benzene rings is 1. The summed E-state index contributed by atoms with van der Waals surface area (Å²) in [5.41, 5.74) is 1.49. The second kappa shape index (κ2) is 9.88. The van der Waals surface area contributed by atoms with Gasteiger partial charge in [0.25, 0.3) is 5.91 Å². The Labute approximate surface area is 173 Å². The SMILES string of the molecule is O=C(NCc1ccccn1)c1ccc(OC2CCN(C3CCCCC3)CC2)cc1. The Bertz CT molecular complexity index is 764. The Balaban J connectivity index is 1.23. The van der Waals surface area contributed by atoms with E-state index in [2.05, 4.69) is 15.2 Å². The van der Waals surface area contributed by atoms with Crippen LogP contribution in [0.1, 0.15) is 61.0 Å². The molecule has 0 radical (unpaired) electrons. The molecule has 29 heavy (non-hydrogen) atoms. The van der Waals surface area contributed by atoms with Crippen molar-refractivity contribution in [3.05, 3.63) is 59.9 Å². The first-order valence-electron chi connectivity index (χ1n) is 11.0. The minimum atomic E-state index is -0.0945. The lowest BCUT2D eigenvalue weighted by Crippen LogP contribution is -2.44. The lowest BCUT2D eigenvalue weighted by molar-refractivity contribution is 0.0631. The van der Waals surface area contributed by atoms with Gasteiger partial charge in [0.1, 0.15) is 11.9 Å². The van der Waals surface area contributed by atoms with Crippen molar-refractivity contribution in [2.45, 2.75) is 63.6 Å². The third-order valence-electron chi connectivity index (χ3n) is 6.14. The lowest BCUT2D eigenvalue weighted by Gasteiger charge is -2.39. The number of ether oxygens (including phenoxy) is 1. The van der Waals surface area contributed by atoms with Crippen LogP contribution in [0.2, 0.25) is 0 Å². The summed E-state index contributed by atoms with van der Waals surface area (Å²) >= 11 is 0. The van der Waals surface area contributed by atoms with Gasteiger partial charge in [-0.15, -0.1) is 0 Å². The molecule has 5 heteroatoms. The number of nitrogens with one attached hydrogen (secondary N) is 1. The van der Waals surface area contributed by atoms with Gasteiger partial charge in [-0.2, -0.15) is 0 Å². The fourth-order valence-corrected chi connectivity index (χ4v) is 4.46. The normalized spacial score (nSPS) is 19.0. The third kappa shape index (κ3) is 5.57. The van der Waals surface area contributed by atoms with Crippen LogP contribution in [0.25, 0.3) is 0 Å². The standard InChI is InChI=1S/C24H31N3O2/c28-24(26-18-20-6-4-5-15-25-20)19-9-11-22(12-10-19)29-23-13-16-27(17-14-23)21-7-2-1-3-8-21/h4-6,9-12,15,21,23H,1-3,7-8,13-14,16-18H2,(H,26,28). The van der Waals surface area contributed by atoms with Crippen molar-refractivity contribution in [1.29, 1.82) is 0 Å². The average molecular weight is 394 g/mol. The van der Waals surface area contributed by atoms with Gasteiger partial charge < -0.3 is 15.0 Å². The summed E-state index contributed by atoms with van der Waals surface area (Å²) in [4.78, 5) is 19.2. The number of nitrogens with zero attached hydrogens (tertiary/aromatic N) is 2. The molecule has 1 aromatic heterocycles. The summed E-state index contributed by atoms with van der Waals surface area (Å²) in [6, 6.07) is 14.0. The summed E-state index contributed by atoms with van der Waals surface area (Å²) in [6.07, 6.45) is 11.1. The maximum atomic E-state index is 12.3. The monoisotopic (exact) mass is 393 g/mol. The molecule has 0 atom stereocenters. The zero-order valence-electron chi connectivity index (χ0n) is 17.1. The highest BCUT2D eigenvalue weighted by atomic mass is 16.5. The molecular formula is C24H31N3O2. The molecular weight excluding hydrogens is 362 g/mol. The summed E-state index contributed by atoms with van der Waals surface area (Å²) in [5.74, 6) is 0.755. The highest BCUT2D eigenvalue weighted by Gasteiger charge is 2.26. The van der Waals surface area contributed by atoms with E-state index in [1.165, 1.54) is 32.1 Å². The number of carbonyl (C=O) groups is 1. The molecule has 1 amide bonds. The molecule has 1 saturated carbocycles. The van der Waals surface area contributed by atoms with Gasteiger partial charge in [-0.3, -0.25) is 9.78 Å². The van der Waals surface area contributed by atoms with Crippen LogP contribution >= 0.6 is 0 Å². The molecule has 0 unspecified atom stereocenters. The van der Waals surface area contributed by atoms with Crippen LogP contribution in [0.3, 0.4) is 0 Å². The number of hydrogen-bond acceptors (Lipinski definition) is 4. The lowest BCUT2D eigenvalue weighted by atomic mass is 9.92. The third-order valence-corrected chi connectivity index (χ3v) is 6.14. The number of pyridine rings is 1. The highest BCUT2D eigenvalue weighted by Crippen LogP contribution is 2.27. The fourth-order valence-electron chi connectivity index (χ4n) is 4.46. The first-order chi connectivity index (χ1) is 14.3. The van der Waals surface area contributed by atoms with Crippen molar-refractivity contribution in [3.8, 4) is 5.75 Å². The summed E-state index contributed by atoms with van der Waals surface area (Å²) in [7, 11) is 0. The average Bonchev–Trinajstić information content (AvgIpc) is 2.80. The van der Waals surface area contributed by atoms with Crippen LogP contribution < -0.4 is 10.1 Å². The molecule has 2 fully saturated rings. The highest BCUT2D eigenvalue weighted by molar-refractivity contribution is 5.94. The fraction of sp³-hybridized carbons (Fsp3) is 0.500. The van der Waals surface area contributed by atoms with E-state index >= 15 is 0 Å². The number of carbonyl (C=O) groups excluding carboxylic acids is 1. The molecule has 1 aromatic carbocycles. The minimum absolute atomic E-state index is 0.0945. The van der Waals surface area contributed by atoms with Gasteiger partial charge in [0.05, 0.1) is 12.2 Å². The Hall–Kier alpha value is -2.40. The van der Waals surface area contributed by atoms with E-state index in [-0.39, 0.29) is 12.0 Å². The van der Waals surface area contributed by atoms with Crippen LogP contribution in [0, 0.1) is 0 Å². The van der Waals surface area contributed by atoms with Crippen LogP contribution in [0.15, 0.2) is 48.7 Å². The summed E-state index contributed by atoms with van der Waals surface area (Å²) < 4.78 is 6.19. The predicted molar refractivity (Wildman–Crippen MR) is 114 cm³/mol. The van der Waals surface area contributed by atoms with Crippen molar-refractivity contribution in [1.82, 2.24) is 15.2 Å². The number of hydrogen-bond donors (Lipinski definition) is 1. The molecule has 154 valence electrons. The molecule has 1 aliphatic heterocycles. The Morgan fingerprint density at radius 3 is 2.45 bits per heavy atom. The van der Waals surface area contributed by atoms with Crippen LogP contribution in [-0.4, -0.2) is 41.0 Å². The van der Waals surface area contributed by atoms with E-state index in [1.807, 2.05) is 42.5 Å². The molecule has 4 rings (SSSR count). The van der Waals surface area contributed by atoms with Crippen molar-refractivity contribution >= 4 is 5.91 Å². The first-order valence-corrected chi connectivity index (χ1v) is 11.0. The van der Waals surface area contributed by atoms with Gasteiger partial charge in [0, 0.05) is 30.9 Å².